The molecule has 5 nitrogen and oxygen atoms in total. The lowest BCUT2D eigenvalue weighted by atomic mass is 10.4. The molecule has 0 saturated carbocycles. The van der Waals surface area contributed by atoms with Crippen molar-refractivity contribution in [3.63, 3.8) is 0 Å². The van der Waals surface area contributed by atoms with E-state index >= 15 is 0 Å². The van der Waals surface area contributed by atoms with Crippen LogP contribution in [0.4, 0.5) is 0 Å². The average Bonchev–Trinajstić information content (AvgIpc) is 2.71. The Morgan fingerprint density at radius 2 is 2.26 bits per heavy atom. The molecule has 2 aromatic heterocycles. The molecule has 7 heteroatoms. The van der Waals surface area contributed by atoms with Gasteiger partial charge in [0, 0.05) is 19.2 Å². The lowest BCUT2D eigenvalue weighted by molar-refractivity contribution is 0.577. The first-order valence-electron chi connectivity index (χ1n) is 5.58. The van der Waals surface area contributed by atoms with Crippen LogP contribution in [0.3, 0.4) is 0 Å². The van der Waals surface area contributed by atoms with E-state index in [1.807, 2.05) is 0 Å². The number of rotatable bonds is 4. The van der Waals surface area contributed by atoms with Crippen molar-refractivity contribution in [2.24, 2.45) is 0 Å². The third-order valence-electron chi connectivity index (χ3n) is 2.42. The summed E-state index contributed by atoms with van der Waals surface area (Å²) in [5.41, 5.74) is 0.487. The van der Waals surface area contributed by atoms with Crippen LogP contribution in [0.1, 0.15) is 13.3 Å². The molecule has 0 aromatic carbocycles. The fourth-order valence-electron chi connectivity index (χ4n) is 1.63. The summed E-state index contributed by atoms with van der Waals surface area (Å²) in [4.78, 5) is 4.01. The molecule has 100 valence electrons. The number of fused-ring (bicyclic) bond motifs is 1. The van der Waals surface area contributed by atoms with Crippen LogP contribution in [0, 0.1) is 11.8 Å². The fraction of sp³-hybridized carbons (Fsp3) is 0.250. The molecular weight excluding hydrogens is 286 g/mol. The Morgan fingerprint density at radius 1 is 1.47 bits per heavy atom. The zero-order chi connectivity index (χ0) is 13.9. The molecule has 0 aliphatic heterocycles. The van der Waals surface area contributed by atoms with Crippen LogP contribution in [0.5, 0.6) is 0 Å². The minimum absolute atomic E-state index is 0.0414. The van der Waals surface area contributed by atoms with Crippen LogP contribution >= 0.6 is 11.6 Å². The molecule has 1 N–H and O–H groups in total. The number of imidazole rings is 1. The van der Waals surface area contributed by atoms with Gasteiger partial charge in [0.25, 0.3) is 10.0 Å². The molecule has 2 heterocycles. The highest BCUT2D eigenvalue weighted by Gasteiger charge is 2.23. The van der Waals surface area contributed by atoms with Crippen molar-refractivity contribution in [1.82, 2.24) is 14.1 Å². The first kappa shape index (κ1) is 13.9. The van der Waals surface area contributed by atoms with Crippen LogP contribution in [-0.2, 0) is 10.0 Å². The van der Waals surface area contributed by atoms with Crippen molar-refractivity contribution in [2.75, 3.05) is 6.54 Å². The summed E-state index contributed by atoms with van der Waals surface area (Å²) in [5, 5.41) is -0.0884. The van der Waals surface area contributed by atoms with E-state index < -0.39 is 10.0 Å². The summed E-state index contributed by atoms with van der Waals surface area (Å²) in [6, 6.07) is 5.17. The number of pyridine rings is 1. The summed E-state index contributed by atoms with van der Waals surface area (Å²) >= 11 is 5.91. The second kappa shape index (κ2) is 5.61. The Balaban J connectivity index is 2.36. The largest absolute Gasteiger partial charge is 0.288 e. The van der Waals surface area contributed by atoms with Crippen LogP contribution in [0.25, 0.3) is 5.65 Å². The predicted molar refractivity (Wildman–Crippen MR) is 73.5 cm³/mol. The van der Waals surface area contributed by atoms with E-state index in [0.717, 1.165) is 0 Å². The molecule has 0 aliphatic rings. The Labute approximate surface area is 116 Å². The van der Waals surface area contributed by atoms with Gasteiger partial charge in [-0.2, -0.15) is 0 Å². The van der Waals surface area contributed by atoms with Crippen molar-refractivity contribution in [3.8, 4) is 11.8 Å². The Kier molecular flexibility index (Phi) is 4.10. The van der Waals surface area contributed by atoms with Gasteiger partial charge in [0.15, 0.2) is 10.2 Å². The van der Waals surface area contributed by atoms with Gasteiger partial charge in [-0.1, -0.05) is 17.7 Å². The van der Waals surface area contributed by atoms with Gasteiger partial charge >= 0.3 is 0 Å². The van der Waals surface area contributed by atoms with E-state index in [9.17, 15) is 8.42 Å². The van der Waals surface area contributed by atoms with Crippen molar-refractivity contribution in [2.45, 2.75) is 18.4 Å². The normalized spacial score (nSPS) is 11.3. The van der Waals surface area contributed by atoms with Crippen molar-refractivity contribution in [3.05, 3.63) is 29.5 Å². The van der Waals surface area contributed by atoms with Gasteiger partial charge in [0.2, 0.25) is 0 Å². The third kappa shape index (κ3) is 2.89. The SMILES string of the molecule is CC#CCCNS(=O)(=O)c1c(Cl)nc2ccccn12. The van der Waals surface area contributed by atoms with Gasteiger partial charge in [-0.3, -0.25) is 4.40 Å². The molecule has 2 aromatic rings. The van der Waals surface area contributed by atoms with Gasteiger partial charge in [0.05, 0.1) is 0 Å². The van der Waals surface area contributed by atoms with E-state index in [-0.39, 0.29) is 16.7 Å². The van der Waals surface area contributed by atoms with Crippen molar-refractivity contribution >= 4 is 27.3 Å². The summed E-state index contributed by atoms with van der Waals surface area (Å²) in [7, 11) is -3.70. The number of halogens is 1. The molecule has 0 bridgehead atoms. The van der Waals surface area contributed by atoms with Gasteiger partial charge in [-0.25, -0.2) is 18.1 Å². The predicted octanol–water partition coefficient (Wildman–Crippen LogP) is 1.68. The maximum absolute atomic E-state index is 12.2. The van der Waals surface area contributed by atoms with Crippen LogP contribution in [0.2, 0.25) is 5.15 Å². The zero-order valence-electron chi connectivity index (χ0n) is 10.2. The molecule has 2 rings (SSSR count). The highest BCUT2D eigenvalue weighted by molar-refractivity contribution is 7.89. The number of nitrogens with zero attached hydrogens (tertiary/aromatic N) is 2. The second-order valence-electron chi connectivity index (χ2n) is 3.71. The lowest BCUT2D eigenvalue weighted by Crippen LogP contribution is -2.26. The first-order chi connectivity index (χ1) is 9.06. The number of hydrogen-bond acceptors (Lipinski definition) is 3. The minimum Gasteiger partial charge on any atom is -0.288 e. The van der Waals surface area contributed by atoms with E-state index in [0.29, 0.717) is 12.1 Å². The number of aromatic nitrogens is 2. The Bertz CT molecular complexity index is 756. The smallest absolute Gasteiger partial charge is 0.259 e. The zero-order valence-corrected chi connectivity index (χ0v) is 11.8. The molecule has 0 aliphatic carbocycles. The van der Waals surface area contributed by atoms with Gasteiger partial charge in [-0.15, -0.1) is 11.8 Å². The highest BCUT2D eigenvalue weighted by Crippen LogP contribution is 2.22. The van der Waals surface area contributed by atoms with E-state index in [4.69, 9.17) is 11.6 Å². The van der Waals surface area contributed by atoms with E-state index in [2.05, 4.69) is 21.5 Å². The molecule has 19 heavy (non-hydrogen) atoms. The van der Waals surface area contributed by atoms with Gasteiger partial charge in [0.1, 0.15) is 5.65 Å². The van der Waals surface area contributed by atoms with Crippen LogP contribution in [0.15, 0.2) is 29.4 Å². The Morgan fingerprint density at radius 3 is 3.00 bits per heavy atom. The standard InChI is InChI=1S/C12H12ClN3O2S/c1-2-3-5-8-14-19(17,18)12-11(13)15-10-7-4-6-9-16(10)12/h4,6-7,9,14H,5,8H2,1H3. The number of nitrogens with one attached hydrogen (secondary N) is 1. The second-order valence-corrected chi connectivity index (χ2v) is 5.75. The van der Waals surface area contributed by atoms with Crippen LogP contribution < -0.4 is 4.72 Å². The minimum atomic E-state index is -3.70. The van der Waals surface area contributed by atoms with E-state index in [1.54, 1.807) is 31.3 Å². The molecule has 0 saturated heterocycles. The third-order valence-corrected chi connectivity index (χ3v) is 4.28. The molecule has 0 fully saturated rings. The quantitative estimate of drug-likeness (QED) is 0.690. The summed E-state index contributed by atoms with van der Waals surface area (Å²) in [6.07, 6.45) is 2.05. The lowest BCUT2D eigenvalue weighted by Gasteiger charge is -2.05. The maximum atomic E-state index is 12.2. The topological polar surface area (TPSA) is 63.5 Å². The summed E-state index contributed by atoms with van der Waals surface area (Å²) < 4.78 is 28.3. The monoisotopic (exact) mass is 297 g/mol. The summed E-state index contributed by atoms with van der Waals surface area (Å²) in [6.45, 7) is 1.94. The molecule has 0 radical (unpaired) electrons. The number of hydrogen-bond donors (Lipinski definition) is 1. The molecule has 0 unspecified atom stereocenters. The van der Waals surface area contributed by atoms with Crippen molar-refractivity contribution in [1.29, 1.82) is 0 Å². The van der Waals surface area contributed by atoms with E-state index in [1.165, 1.54) is 4.40 Å². The molecule has 0 atom stereocenters. The van der Waals surface area contributed by atoms with Gasteiger partial charge < -0.3 is 0 Å². The fourth-order valence-corrected chi connectivity index (χ4v) is 3.30. The van der Waals surface area contributed by atoms with Gasteiger partial charge in [-0.05, 0) is 19.1 Å². The average molecular weight is 298 g/mol. The maximum Gasteiger partial charge on any atom is 0.259 e. The van der Waals surface area contributed by atoms with Crippen LogP contribution in [-0.4, -0.2) is 24.3 Å². The molecular formula is C12H12ClN3O2S. The molecule has 0 amide bonds. The Hall–Kier alpha value is -1.55. The first-order valence-corrected chi connectivity index (χ1v) is 7.44. The number of sulfonamides is 1. The molecule has 0 spiro atoms. The summed E-state index contributed by atoms with van der Waals surface area (Å²) in [5.74, 6) is 5.49. The van der Waals surface area contributed by atoms with Crippen molar-refractivity contribution < 1.29 is 8.42 Å². The highest BCUT2D eigenvalue weighted by atomic mass is 35.5.